The van der Waals surface area contributed by atoms with Crippen molar-refractivity contribution >= 4 is 15.7 Å². The normalized spacial score (nSPS) is 19.9. The van der Waals surface area contributed by atoms with E-state index < -0.39 is 10.0 Å². The Hall–Kier alpha value is -3.23. The van der Waals surface area contributed by atoms with Crippen molar-refractivity contribution in [3.63, 3.8) is 0 Å². The molecule has 2 aromatic carbocycles. The van der Waals surface area contributed by atoms with E-state index >= 15 is 0 Å². The smallest absolute Gasteiger partial charge is 0.215 e. The lowest BCUT2D eigenvalue weighted by atomic mass is 10.0. The van der Waals surface area contributed by atoms with Crippen molar-refractivity contribution < 1.29 is 13.2 Å². The van der Waals surface area contributed by atoms with Gasteiger partial charge >= 0.3 is 0 Å². The summed E-state index contributed by atoms with van der Waals surface area (Å²) in [5, 5.41) is 9.61. The van der Waals surface area contributed by atoms with Gasteiger partial charge in [0.1, 0.15) is 0 Å². The maximum Gasteiger partial charge on any atom is 0.215 e. The average molecular weight is 535 g/mol. The van der Waals surface area contributed by atoms with E-state index in [0.29, 0.717) is 38.3 Å². The second-order valence-corrected chi connectivity index (χ2v) is 12.0. The maximum atomic E-state index is 14.0. The summed E-state index contributed by atoms with van der Waals surface area (Å²) in [6.07, 6.45) is 4.05. The van der Waals surface area contributed by atoms with Crippen molar-refractivity contribution in [1.82, 2.24) is 19.2 Å². The van der Waals surface area contributed by atoms with Crippen LogP contribution >= 0.6 is 0 Å². The molecule has 1 unspecified atom stereocenters. The Morgan fingerprint density at radius 1 is 1.18 bits per heavy atom. The third kappa shape index (κ3) is 5.92. The van der Waals surface area contributed by atoms with Crippen molar-refractivity contribution in [2.24, 2.45) is 0 Å². The summed E-state index contributed by atoms with van der Waals surface area (Å²) in [5.74, 6) is 0.0433. The zero-order valence-electron chi connectivity index (χ0n) is 21.7. The van der Waals surface area contributed by atoms with E-state index in [1.165, 1.54) is 0 Å². The Morgan fingerprint density at radius 2 is 1.97 bits per heavy atom. The van der Waals surface area contributed by atoms with Gasteiger partial charge in [-0.2, -0.15) is 9.57 Å². The maximum absolute atomic E-state index is 14.0. The highest BCUT2D eigenvalue weighted by molar-refractivity contribution is 7.89. The highest BCUT2D eigenvalue weighted by atomic mass is 32.2. The van der Waals surface area contributed by atoms with Gasteiger partial charge in [-0.25, -0.2) is 13.4 Å². The minimum absolute atomic E-state index is 0.0433. The molecule has 0 amide bonds. The van der Waals surface area contributed by atoms with E-state index in [0.717, 1.165) is 35.6 Å². The molecule has 1 saturated heterocycles. The second kappa shape index (κ2) is 11.7. The van der Waals surface area contributed by atoms with Crippen molar-refractivity contribution in [2.45, 2.75) is 32.0 Å². The summed E-state index contributed by atoms with van der Waals surface area (Å²) in [6.45, 7) is 6.04. The number of nitrogens with one attached hydrogen (secondary N) is 1. The van der Waals surface area contributed by atoms with Gasteiger partial charge in [0.05, 0.1) is 54.9 Å². The average Bonchev–Trinajstić information content (AvgIpc) is 3.43. The van der Waals surface area contributed by atoms with Crippen LogP contribution in [0.15, 0.2) is 61.1 Å². The zero-order chi connectivity index (χ0) is 26.5. The molecule has 2 aliphatic rings. The molecular formula is C28H34N6O3S. The highest BCUT2D eigenvalue weighted by Crippen LogP contribution is 2.36. The number of hydrogen-bond donors (Lipinski definition) is 1. The number of ether oxygens (including phenoxy) is 1. The van der Waals surface area contributed by atoms with Crippen LogP contribution in [0.4, 0.5) is 5.69 Å². The Labute approximate surface area is 224 Å². The SMILES string of the molecule is CC(c1cnc[nH]1)N1C[C@@H](Cc2ccccc2)N(S(=O)(=O)CCN2CCOCC2)Cc2cc(C#N)ccc21. The fourth-order valence-electron chi connectivity index (χ4n) is 5.37. The molecule has 200 valence electrons. The zero-order valence-corrected chi connectivity index (χ0v) is 22.5. The third-order valence-electron chi connectivity index (χ3n) is 7.54. The number of aromatic amines is 1. The Bertz CT molecular complexity index is 1350. The predicted octanol–water partition coefficient (Wildman–Crippen LogP) is 2.94. The Balaban J connectivity index is 1.53. The summed E-state index contributed by atoms with van der Waals surface area (Å²) in [4.78, 5) is 11.8. The van der Waals surface area contributed by atoms with Crippen molar-refractivity contribution in [3.05, 3.63) is 83.4 Å². The van der Waals surface area contributed by atoms with Crippen molar-refractivity contribution in [2.75, 3.05) is 50.0 Å². The summed E-state index contributed by atoms with van der Waals surface area (Å²) >= 11 is 0. The molecular weight excluding hydrogens is 500 g/mol. The topological polar surface area (TPSA) is 106 Å². The number of H-pyrrole nitrogens is 1. The van der Waals surface area contributed by atoms with Gasteiger partial charge in [-0.15, -0.1) is 0 Å². The second-order valence-electron chi connectivity index (χ2n) is 9.95. The van der Waals surface area contributed by atoms with Gasteiger partial charge in [0.2, 0.25) is 10.0 Å². The fourth-order valence-corrected chi connectivity index (χ4v) is 7.02. The lowest BCUT2D eigenvalue weighted by Crippen LogP contribution is -2.48. The fraction of sp³-hybridized carbons (Fsp3) is 0.429. The minimum atomic E-state index is -3.62. The van der Waals surface area contributed by atoms with Gasteiger partial charge in [-0.3, -0.25) is 4.90 Å². The molecule has 3 heterocycles. The lowest BCUT2D eigenvalue weighted by molar-refractivity contribution is 0.0406. The molecule has 10 heteroatoms. The van der Waals surface area contributed by atoms with Crippen LogP contribution in [0.5, 0.6) is 0 Å². The molecule has 2 aliphatic heterocycles. The summed E-state index contributed by atoms with van der Waals surface area (Å²) in [6, 6.07) is 17.5. The first-order valence-electron chi connectivity index (χ1n) is 13.1. The molecule has 9 nitrogen and oxygen atoms in total. The molecule has 38 heavy (non-hydrogen) atoms. The molecule has 2 atom stereocenters. The number of fused-ring (bicyclic) bond motifs is 1. The predicted molar refractivity (Wildman–Crippen MR) is 146 cm³/mol. The number of sulfonamides is 1. The van der Waals surface area contributed by atoms with Crippen LogP contribution in [0.1, 0.15) is 35.3 Å². The minimum Gasteiger partial charge on any atom is -0.379 e. The van der Waals surface area contributed by atoms with Gasteiger partial charge < -0.3 is 14.6 Å². The first-order valence-corrected chi connectivity index (χ1v) is 14.7. The van der Waals surface area contributed by atoms with Gasteiger partial charge in [-0.1, -0.05) is 30.3 Å². The molecule has 1 fully saturated rings. The van der Waals surface area contributed by atoms with Crippen LogP contribution in [-0.4, -0.2) is 78.8 Å². The van der Waals surface area contributed by atoms with E-state index in [4.69, 9.17) is 4.74 Å². The summed E-state index contributed by atoms with van der Waals surface area (Å²) in [7, 11) is -3.62. The van der Waals surface area contributed by atoms with E-state index in [2.05, 4.69) is 32.8 Å². The number of rotatable bonds is 8. The number of anilines is 1. The number of imidazole rings is 1. The molecule has 1 N–H and O–H groups in total. The van der Waals surface area contributed by atoms with Gasteiger partial charge in [0.25, 0.3) is 0 Å². The molecule has 0 radical (unpaired) electrons. The molecule has 1 aromatic heterocycles. The van der Waals surface area contributed by atoms with Crippen molar-refractivity contribution in [1.29, 1.82) is 5.26 Å². The summed E-state index contributed by atoms with van der Waals surface area (Å²) < 4.78 is 35.2. The van der Waals surface area contributed by atoms with Gasteiger partial charge in [-0.05, 0) is 42.7 Å². The Kier molecular flexibility index (Phi) is 8.09. The largest absolute Gasteiger partial charge is 0.379 e. The van der Waals surface area contributed by atoms with E-state index in [9.17, 15) is 13.7 Å². The van der Waals surface area contributed by atoms with Gasteiger partial charge in [0, 0.05) is 44.5 Å². The van der Waals surface area contributed by atoms with Crippen LogP contribution in [0.3, 0.4) is 0 Å². The number of aromatic nitrogens is 2. The molecule has 0 spiro atoms. The first-order chi connectivity index (χ1) is 18.4. The van der Waals surface area contributed by atoms with E-state index in [-0.39, 0.29) is 24.4 Å². The lowest BCUT2D eigenvalue weighted by Gasteiger charge is -2.35. The number of morpholine rings is 1. The molecule has 3 aromatic rings. The molecule has 0 saturated carbocycles. The summed E-state index contributed by atoms with van der Waals surface area (Å²) in [5.41, 5.74) is 4.33. The standard InChI is InChI=1S/C28H34N6O3S/c1-22(27-18-30-21-31-27)33-20-26(16-23-5-3-2-4-6-23)34(19-25-15-24(17-29)7-8-28(25)33)38(35,36)14-11-32-9-12-37-13-10-32/h2-8,15,18,21-22,26H,9-14,16,19-20H2,1H3,(H,30,31)/t22?,26-/m1/s1. The highest BCUT2D eigenvalue weighted by Gasteiger charge is 2.37. The van der Waals surface area contributed by atoms with Gasteiger partial charge in [0.15, 0.2) is 0 Å². The van der Waals surface area contributed by atoms with Crippen LogP contribution in [0, 0.1) is 11.3 Å². The third-order valence-corrected chi connectivity index (χ3v) is 9.38. The molecule has 0 bridgehead atoms. The van der Waals surface area contributed by atoms with Crippen LogP contribution in [-0.2, 0) is 27.7 Å². The number of nitrogens with zero attached hydrogens (tertiary/aromatic N) is 5. The number of hydrogen-bond acceptors (Lipinski definition) is 7. The number of benzene rings is 2. The monoisotopic (exact) mass is 534 g/mol. The van der Waals surface area contributed by atoms with Crippen LogP contribution in [0.2, 0.25) is 0 Å². The van der Waals surface area contributed by atoms with Crippen molar-refractivity contribution in [3.8, 4) is 6.07 Å². The Morgan fingerprint density at radius 3 is 2.68 bits per heavy atom. The number of nitriles is 1. The van der Waals surface area contributed by atoms with E-state index in [1.807, 2.05) is 48.7 Å². The molecule has 0 aliphatic carbocycles. The van der Waals surface area contributed by atoms with E-state index in [1.54, 1.807) is 16.7 Å². The molecule has 5 rings (SSSR count). The first kappa shape index (κ1) is 26.4. The van der Waals surface area contributed by atoms with Crippen LogP contribution < -0.4 is 4.90 Å². The van der Waals surface area contributed by atoms with Crippen LogP contribution in [0.25, 0.3) is 0 Å². The quantitative estimate of drug-likeness (QED) is 0.474.